The highest BCUT2D eigenvalue weighted by Crippen LogP contribution is 2.47. The number of H-pyrrole nitrogens is 1. The number of carbonyl (C=O) groups excluding carboxylic acids is 1. The van der Waals surface area contributed by atoms with E-state index >= 15 is 0 Å². The Morgan fingerprint density at radius 1 is 1.21 bits per heavy atom. The smallest absolute Gasteiger partial charge is 0.291 e. The number of allylic oxidation sites excluding steroid dienone is 2. The standard InChI is InChI=1S/C26H35IN4O2/c1-16-15-28-22(29-16)23(32)31-20-8-7-19(18-13-25(4,5)33-26(6,27)14-18)30-21(20)17-9-11-24(2,3)12-10-17/h7-9,15,18H,10-14H2,1-6H3,(H,28,29)(H,31,32). The van der Waals surface area contributed by atoms with Crippen molar-refractivity contribution in [3.63, 3.8) is 0 Å². The second-order valence-corrected chi connectivity index (χ2v) is 13.4. The highest BCUT2D eigenvalue weighted by Gasteiger charge is 2.41. The molecule has 0 saturated carbocycles. The summed E-state index contributed by atoms with van der Waals surface area (Å²) in [6.07, 6.45) is 8.86. The topological polar surface area (TPSA) is 79.9 Å². The van der Waals surface area contributed by atoms with Crippen LogP contribution in [-0.4, -0.2) is 30.1 Å². The summed E-state index contributed by atoms with van der Waals surface area (Å²) in [7, 11) is 0. The monoisotopic (exact) mass is 562 g/mol. The fourth-order valence-corrected chi connectivity index (χ4v) is 6.15. The van der Waals surface area contributed by atoms with Crippen LogP contribution in [0.2, 0.25) is 0 Å². The molecule has 1 saturated heterocycles. The minimum absolute atomic E-state index is 0.209. The van der Waals surface area contributed by atoms with Crippen LogP contribution in [0, 0.1) is 12.3 Å². The first-order valence-corrected chi connectivity index (χ1v) is 12.8. The predicted molar refractivity (Wildman–Crippen MR) is 141 cm³/mol. The van der Waals surface area contributed by atoms with Crippen molar-refractivity contribution in [3.8, 4) is 0 Å². The fourth-order valence-electron chi connectivity index (χ4n) is 5.02. The van der Waals surface area contributed by atoms with Gasteiger partial charge in [0, 0.05) is 23.5 Å². The van der Waals surface area contributed by atoms with Crippen molar-refractivity contribution in [2.24, 2.45) is 5.41 Å². The maximum atomic E-state index is 12.9. The van der Waals surface area contributed by atoms with Crippen LogP contribution in [0.25, 0.3) is 5.57 Å². The Balaban J connectivity index is 1.70. The van der Waals surface area contributed by atoms with Crippen LogP contribution in [0.1, 0.15) is 100 Å². The number of alkyl halides is 1. The van der Waals surface area contributed by atoms with Crippen LogP contribution in [-0.2, 0) is 4.74 Å². The molecule has 7 heteroatoms. The summed E-state index contributed by atoms with van der Waals surface area (Å²) in [6.45, 7) is 12.9. The number of hydrogen-bond acceptors (Lipinski definition) is 4. The van der Waals surface area contributed by atoms with Gasteiger partial charge in [0.1, 0.15) is 3.61 Å². The number of anilines is 1. The first-order chi connectivity index (χ1) is 15.3. The lowest BCUT2D eigenvalue weighted by molar-refractivity contribution is -0.115. The second kappa shape index (κ2) is 8.80. The highest BCUT2D eigenvalue weighted by atomic mass is 127. The summed E-state index contributed by atoms with van der Waals surface area (Å²) in [5.41, 5.74) is 4.86. The van der Waals surface area contributed by atoms with Crippen LogP contribution >= 0.6 is 22.6 Å². The average Bonchev–Trinajstić information content (AvgIpc) is 3.12. The van der Waals surface area contributed by atoms with E-state index in [4.69, 9.17) is 9.72 Å². The zero-order chi connectivity index (χ0) is 24.0. The van der Waals surface area contributed by atoms with Crippen LogP contribution in [0.4, 0.5) is 5.69 Å². The zero-order valence-electron chi connectivity index (χ0n) is 20.5. The van der Waals surface area contributed by atoms with E-state index in [0.717, 1.165) is 54.9 Å². The van der Waals surface area contributed by atoms with E-state index in [1.165, 1.54) is 5.57 Å². The summed E-state index contributed by atoms with van der Waals surface area (Å²) in [5.74, 6) is 0.364. The van der Waals surface area contributed by atoms with Gasteiger partial charge >= 0.3 is 0 Å². The summed E-state index contributed by atoms with van der Waals surface area (Å²) in [5, 5.41) is 3.06. The molecule has 0 radical (unpaired) electrons. The van der Waals surface area contributed by atoms with Gasteiger partial charge in [0.2, 0.25) is 0 Å². The molecule has 33 heavy (non-hydrogen) atoms. The molecule has 1 aliphatic heterocycles. The van der Waals surface area contributed by atoms with Gasteiger partial charge in [-0.3, -0.25) is 9.78 Å². The van der Waals surface area contributed by atoms with Gasteiger partial charge in [-0.2, -0.15) is 0 Å². The van der Waals surface area contributed by atoms with E-state index in [1.54, 1.807) is 6.20 Å². The maximum absolute atomic E-state index is 12.9. The van der Waals surface area contributed by atoms with Crippen molar-refractivity contribution in [2.75, 3.05) is 5.32 Å². The van der Waals surface area contributed by atoms with Crippen LogP contribution in [0.5, 0.6) is 0 Å². The van der Waals surface area contributed by atoms with Gasteiger partial charge in [-0.25, -0.2) is 4.98 Å². The Hall–Kier alpha value is -1.74. The number of halogens is 1. The summed E-state index contributed by atoms with van der Waals surface area (Å²) >= 11 is 2.42. The molecule has 0 spiro atoms. The Labute approximate surface area is 210 Å². The molecule has 178 valence electrons. The van der Waals surface area contributed by atoms with Crippen molar-refractivity contribution in [1.82, 2.24) is 15.0 Å². The minimum atomic E-state index is -0.248. The third kappa shape index (κ3) is 5.85. The lowest BCUT2D eigenvalue weighted by atomic mass is 9.77. The number of nitrogens with zero attached hydrogens (tertiary/aromatic N) is 2. The molecule has 2 aliphatic rings. The van der Waals surface area contributed by atoms with E-state index in [0.29, 0.717) is 17.2 Å². The number of amides is 1. The van der Waals surface area contributed by atoms with E-state index in [1.807, 2.05) is 13.0 Å². The molecule has 2 unspecified atom stereocenters. The largest absolute Gasteiger partial charge is 0.359 e. The number of aromatic amines is 1. The van der Waals surface area contributed by atoms with Crippen LogP contribution in [0.15, 0.2) is 24.4 Å². The molecule has 4 rings (SSSR count). The fraction of sp³-hybridized carbons (Fsp3) is 0.577. The van der Waals surface area contributed by atoms with Gasteiger partial charge in [0.15, 0.2) is 5.82 Å². The van der Waals surface area contributed by atoms with E-state index in [-0.39, 0.29) is 15.1 Å². The Morgan fingerprint density at radius 3 is 2.58 bits per heavy atom. The number of carbonyl (C=O) groups is 1. The summed E-state index contributed by atoms with van der Waals surface area (Å²) < 4.78 is 6.06. The van der Waals surface area contributed by atoms with E-state index in [2.05, 4.69) is 84.6 Å². The number of rotatable bonds is 4. The molecule has 2 N–H and O–H groups in total. The van der Waals surface area contributed by atoms with Crippen molar-refractivity contribution in [3.05, 3.63) is 47.3 Å². The zero-order valence-corrected chi connectivity index (χ0v) is 22.7. The van der Waals surface area contributed by atoms with Crippen molar-refractivity contribution >= 4 is 39.8 Å². The Kier molecular flexibility index (Phi) is 6.50. The molecular weight excluding hydrogens is 527 g/mol. The number of nitrogens with one attached hydrogen (secondary N) is 2. The summed E-state index contributed by atoms with van der Waals surface area (Å²) in [6, 6.07) is 4.08. The van der Waals surface area contributed by atoms with E-state index in [9.17, 15) is 4.79 Å². The molecule has 3 heterocycles. The van der Waals surface area contributed by atoms with Gasteiger partial charge < -0.3 is 15.0 Å². The van der Waals surface area contributed by atoms with Crippen molar-refractivity contribution in [1.29, 1.82) is 0 Å². The number of ether oxygens (including phenoxy) is 1. The number of hydrogen-bond donors (Lipinski definition) is 2. The number of aromatic nitrogens is 3. The SMILES string of the molecule is Cc1cnc(C(=O)Nc2ccc(C3CC(C)(C)OC(C)(I)C3)nc2C2=CCC(C)(C)CC2)[nH]1. The molecule has 0 aromatic carbocycles. The molecule has 1 aliphatic carbocycles. The molecule has 1 amide bonds. The second-order valence-electron chi connectivity index (χ2n) is 11.2. The minimum Gasteiger partial charge on any atom is -0.359 e. The Morgan fingerprint density at radius 2 is 1.97 bits per heavy atom. The van der Waals surface area contributed by atoms with Gasteiger partial charge in [-0.15, -0.1) is 0 Å². The lowest BCUT2D eigenvalue weighted by Crippen LogP contribution is -2.42. The van der Waals surface area contributed by atoms with Crippen LogP contribution < -0.4 is 5.32 Å². The quantitative estimate of drug-likeness (QED) is 0.318. The average molecular weight is 562 g/mol. The molecule has 2 aromatic heterocycles. The number of aryl methyl sites for hydroxylation is 1. The molecular formula is C26H35IN4O2. The van der Waals surface area contributed by atoms with Crippen molar-refractivity contribution < 1.29 is 9.53 Å². The third-order valence-corrected chi connectivity index (χ3v) is 7.28. The van der Waals surface area contributed by atoms with Crippen molar-refractivity contribution in [2.45, 2.75) is 88.8 Å². The maximum Gasteiger partial charge on any atom is 0.291 e. The van der Waals surface area contributed by atoms with Gasteiger partial charge in [0.25, 0.3) is 5.91 Å². The first kappa shape index (κ1) is 24.4. The third-order valence-electron chi connectivity index (χ3n) is 6.62. The lowest BCUT2D eigenvalue weighted by Gasteiger charge is -2.44. The van der Waals surface area contributed by atoms with E-state index < -0.39 is 0 Å². The van der Waals surface area contributed by atoms with Gasteiger partial charge in [-0.1, -0.05) is 19.9 Å². The molecule has 1 fully saturated rings. The molecule has 6 nitrogen and oxygen atoms in total. The highest BCUT2D eigenvalue weighted by molar-refractivity contribution is 14.1. The van der Waals surface area contributed by atoms with Crippen LogP contribution in [0.3, 0.4) is 0 Å². The summed E-state index contributed by atoms with van der Waals surface area (Å²) in [4.78, 5) is 25.2. The molecule has 2 aromatic rings. The normalized spacial score (nSPS) is 26.5. The predicted octanol–water partition coefficient (Wildman–Crippen LogP) is 6.78. The number of imidazole rings is 1. The first-order valence-electron chi connectivity index (χ1n) is 11.7. The Bertz CT molecular complexity index is 1070. The van der Waals surface area contributed by atoms with Gasteiger partial charge in [-0.05, 0) is 106 Å². The number of pyridine rings is 1. The molecule has 0 bridgehead atoms. The molecule has 2 atom stereocenters. The van der Waals surface area contributed by atoms with Gasteiger partial charge in [0.05, 0.1) is 17.0 Å².